The van der Waals surface area contributed by atoms with Crippen molar-refractivity contribution in [1.82, 2.24) is 0 Å². The summed E-state index contributed by atoms with van der Waals surface area (Å²) in [4.78, 5) is 30.8. The highest BCUT2D eigenvalue weighted by atomic mass is 16.5. The van der Waals surface area contributed by atoms with Crippen LogP contribution in [0.25, 0.3) is 0 Å². The molecule has 0 heterocycles. The van der Waals surface area contributed by atoms with Crippen LogP contribution in [0.4, 0.5) is 17.1 Å². The highest BCUT2D eigenvalue weighted by molar-refractivity contribution is 5.79. The summed E-state index contributed by atoms with van der Waals surface area (Å²) >= 11 is 0. The van der Waals surface area contributed by atoms with E-state index < -0.39 is 21.7 Å². The van der Waals surface area contributed by atoms with Crippen LogP contribution in [0, 0.1) is 43.8 Å². The Balaban J connectivity index is 2.40. The van der Waals surface area contributed by atoms with Gasteiger partial charge in [-0.05, 0) is 123 Å². The van der Waals surface area contributed by atoms with Gasteiger partial charge in [0.25, 0.3) is 0 Å². The lowest BCUT2D eigenvalue weighted by Crippen LogP contribution is -2.59. The number of ether oxygens (including phenoxy) is 2. The minimum atomic E-state index is -0.821. The Morgan fingerprint density at radius 3 is 1.64 bits per heavy atom. The fourth-order valence-electron chi connectivity index (χ4n) is 9.01. The van der Waals surface area contributed by atoms with Crippen LogP contribution in [0.5, 0.6) is 0 Å². The lowest BCUT2D eigenvalue weighted by Gasteiger charge is -2.61. The number of anilines is 1. The van der Waals surface area contributed by atoms with E-state index in [0.29, 0.717) is 36.3 Å². The van der Waals surface area contributed by atoms with Crippen LogP contribution in [-0.2, 0) is 19.1 Å². The summed E-state index contributed by atoms with van der Waals surface area (Å²) in [6, 6.07) is 16.9. The van der Waals surface area contributed by atoms with Gasteiger partial charge >= 0.3 is 11.9 Å². The van der Waals surface area contributed by atoms with Crippen molar-refractivity contribution >= 4 is 29.0 Å². The zero-order valence-corrected chi connectivity index (χ0v) is 35.6. The maximum absolute atomic E-state index is 14.6. The van der Waals surface area contributed by atoms with Crippen LogP contribution in [0.15, 0.2) is 58.8 Å². The summed E-state index contributed by atoms with van der Waals surface area (Å²) in [6.07, 6.45) is 5.43. The zero-order chi connectivity index (χ0) is 40.3. The SMILES string of the molecule is CCN(CCOC(=O)C(C)(CC(C)(CC)C(CC)(CC)C(C)(CC(C)(C)CC)C(=O)OC)C(C)(C)CC)c1ccc(/N=N/c2ccc(C#N)cc2)cc1. The third kappa shape index (κ3) is 9.69. The summed E-state index contributed by atoms with van der Waals surface area (Å²) in [7, 11) is 1.51. The Hall–Kier alpha value is -3.73. The van der Waals surface area contributed by atoms with Crippen molar-refractivity contribution < 1.29 is 19.1 Å². The van der Waals surface area contributed by atoms with Crippen LogP contribution in [0.2, 0.25) is 0 Å². The molecule has 0 aromatic heterocycles. The number of esters is 2. The molecule has 2 aromatic rings. The van der Waals surface area contributed by atoms with Crippen molar-refractivity contribution in [3.8, 4) is 6.07 Å². The first kappa shape index (κ1) is 45.4. The maximum atomic E-state index is 14.6. The maximum Gasteiger partial charge on any atom is 0.312 e. The summed E-state index contributed by atoms with van der Waals surface area (Å²) < 4.78 is 11.9. The van der Waals surface area contributed by atoms with E-state index in [1.165, 1.54) is 7.11 Å². The van der Waals surface area contributed by atoms with Crippen molar-refractivity contribution in [2.45, 2.75) is 135 Å². The number of benzene rings is 2. The largest absolute Gasteiger partial charge is 0.469 e. The molecule has 0 saturated heterocycles. The molecule has 53 heavy (non-hydrogen) atoms. The molecule has 3 unspecified atom stereocenters. The summed E-state index contributed by atoms with van der Waals surface area (Å²) in [5.74, 6) is -0.350. The quantitative estimate of drug-likeness (QED) is 0.0935. The first-order valence-electron chi connectivity index (χ1n) is 19.8. The van der Waals surface area contributed by atoms with Crippen molar-refractivity contribution in [3.05, 3.63) is 54.1 Å². The number of hydrogen-bond acceptors (Lipinski definition) is 8. The summed E-state index contributed by atoms with van der Waals surface area (Å²) in [6.45, 7) is 30.0. The van der Waals surface area contributed by atoms with Gasteiger partial charge in [-0.3, -0.25) is 9.59 Å². The van der Waals surface area contributed by atoms with Gasteiger partial charge in [-0.1, -0.05) is 82.1 Å². The van der Waals surface area contributed by atoms with Gasteiger partial charge in [-0.25, -0.2) is 0 Å². The number of rotatable bonds is 21. The number of likely N-dealkylation sites (N-methyl/N-ethyl adjacent to an activating group) is 1. The fraction of sp³-hybridized carbons (Fsp3) is 0.667. The number of carbonyl (C=O) groups excluding carboxylic acids is 2. The van der Waals surface area contributed by atoms with E-state index in [0.717, 1.165) is 44.3 Å². The van der Waals surface area contributed by atoms with E-state index in [9.17, 15) is 9.59 Å². The molecule has 0 aliphatic carbocycles. The van der Waals surface area contributed by atoms with Crippen molar-refractivity contribution in [2.75, 3.05) is 31.7 Å². The van der Waals surface area contributed by atoms with E-state index in [4.69, 9.17) is 14.7 Å². The van der Waals surface area contributed by atoms with Gasteiger partial charge in [0.05, 0.1) is 47.5 Å². The second-order valence-corrected chi connectivity index (χ2v) is 17.1. The van der Waals surface area contributed by atoms with E-state index in [1.807, 2.05) is 24.3 Å². The second-order valence-electron chi connectivity index (χ2n) is 17.1. The molecule has 3 atom stereocenters. The first-order valence-corrected chi connectivity index (χ1v) is 19.8. The number of azo groups is 1. The van der Waals surface area contributed by atoms with Crippen LogP contribution in [0.1, 0.15) is 141 Å². The van der Waals surface area contributed by atoms with Crippen molar-refractivity contribution in [2.24, 2.45) is 42.7 Å². The van der Waals surface area contributed by atoms with Gasteiger partial charge in [0, 0.05) is 12.2 Å². The molecular weight excluding hydrogens is 661 g/mol. The van der Waals surface area contributed by atoms with Gasteiger partial charge < -0.3 is 14.4 Å². The first-order chi connectivity index (χ1) is 24.8. The lowest BCUT2D eigenvalue weighted by molar-refractivity contribution is -0.190. The van der Waals surface area contributed by atoms with E-state index in [-0.39, 0.29) is 29.4 Å². The number of nitriles is 1. The normalized spacial score (nSPS) is 15.9. The Bertz CT molecular complexity index is 1550. The number of hydrogen-bond donors (Lipinski definition) is 0. The Kier molecular flexibility index (Phi) is 15.9. The molecule has 0 fully saturated rings. The molecule has 2 aromatic carbocycles. The molecule has 0 aliphatic rings. The minimum absolute atomic E-state index is 0.0696. The van der Waals surface area contributed by atoms with Gasteiger partial charge in [0.15, 0.2) is 0 Å². The molecule has 0 amide bonds. The Labute approximate surface area is 322 Å². The molecule has 0 aliphatic heterocycles. The molecule has 0 radical (unpaired) electrons. The molecule has 8 nitrogen and oxygen atoms in total. The average molecular weight is 731 g/mol. The fourth-order valence-corrected chi connectivity index (χ4v) is 9.01. The predicted octanol–water partition coefficient (Wildman–Crippen LogP) is 12.4. The number of methoxy groups -OCH3 is 1. The molecular formula is C45H70N4O4. The van der Waals surface area contributed by atoms with Crippen molar-refractivity contribution in [1.29, 1.82) is 5.26 Å². The van der Waals surface area contributed by atoms with Crippen LogP contribution in [-0.4, -0.2) is 38.7 Å². The highest BCUT2D eigenvalue weighted by Gasteiger charge is 2.64. The third-order valence-electron chi connectivity index (χ3n) is 13.7. The molecule has 294 valence electrons. The molecule has 8 heteroatoms. The van der Waals surface area contributed by atoms with Gasteiger partial charge in [-0.15, -0.1) is 0 Å². The van der Waals surface area contributed by atoms with Crippen LogP contribution in [0.3, 0.4) is 0 Å². The smallest absolute Gasteiger partial charge is 0.312 e. The highest BCUT2D eigenvalue weighted by Crippen LogP contribution is 2.66. The van der Waals surface area contributed by atoms with Gasteiger partial charge in [0.1, 0.15) is 6.61 Å². The van der Waals surface area contributed by atoms with Crippen LogP contribution >= 0.6 is 0 Å². The molecule has 0 N–H and O–H groups in total. The molecule has 0 saturated carbocycles. The average Bonchev–Trinajstić information content (AvgIpc) is 3.15. The topological polar surface area (TPSA) is 104 Å². The van der Waals surface area contributed by atoms with Gasteiger partial charge in [-0.2, -0.15) is 15.5 Å². The molecule has 0 spiro atoms. The zero-order valence-electron chi connectivity index (χ0n) is 35.6. The summed E-state index contributed by atoms with van der Waals surface area (Å²) in [5.41, 5.74) is 0.122. The summed E-state index contributed by atoms with van der Waals surface area (Å²) in [5, 5.41) is 17.7. The van der Waals surface area contributed by atoms with E-state index >= 15 is 0 Å². The lowest BCUT2D eigenvalue weighted by atomic mass is 9.42. The van der Waals surface area contributed by atoms with E-state index in [2.05, 4.69) is 111 Å². The molecule has 2 rings (SSSR count). The van der Waals surface area contributed by atoms with Gasteiger partial charge in [0.2, 0.25) is 0 Å². The van der Waals surface area contributed by atoms with Crippen molar-refractivity contribution in [3.63, 3.8) is 0 Å². The third-order valence-corrected chi connectivity index (χ3v) is 13.7. The minimum Gasteiger partial charge on any atom is -0.469 e. The Morgan fingerprint density at radius 2 is 1.23 bits per heavy atom. The standard InChI is InChI=1S/C45H70N4O4/c1-15-40(7,8)32-44(13,38(50)52-14)45(18-4,19-5)42(11,17-3)33-43(12,41(9,10)16-2)39(51)53-30-29-49(20-6)37-27-25-36(26-28-37)48-47-35-23-21-34(31-46)22-24-35/h21-28H,15-20,29-30,32-33H2,1-14H3/b48-47+. The monoisotopic (exact) mass is 731 g/mol. The molecule has 0 bridgehead atoms. The Morgan fingerprint density at radius 1 is 0.698 bits per heavy atom. The van der Waals surface area contributed by atoms with E-state index in [1.54, 1.807) is 24.3 Å². The number of carbonyl (C=O) groups is 2. The predicted molar refractivity (Wildman–Crippen MR) is 218 cm³/mol. The number of nitrogens with zero attached hydrogens (tertiary/aromatic N) is 4. The van der Waals surface area contributed by atoms with Crippen LogP contribution < -0.4 is 4.90 Å². The second kappa shape index (κ2) is 18.5.